The number of rotatable bonds is 14. The van der Waals surface area contributed by atoms with Gasteiger partial charge in [0.25, 0.3) is 0 Å². The molecule has 2 saturated heterocycles. The van der Waals surface area contributed by atoms with E-state index >= 15 is 0 Å². The number of hydrogen-bond acceptors (Lipinski definition) is 12. The first-order valence-electron chi connectivity index (χ1n) is 18.1. The van der Waals surface area contributed by atoms with Crippen LogP contribution < -0.4 is 14.2 Å². The highest BCUT2D eigenvalue weighted by molar-refractivity contribution is 7.19. The molecule has 1 unspecified atom stereocenters. The Morgan fingerprint density at radius 3 is 2.72 bits per heavy atom. The minimum Gasteiger partial charge on any atom is -0.491 e. The number of benzene rings is 2. The fourth-order valence-electron chi connectivity index (χ4n) is 6.40. The van der Waals surface area contributed by atoms with Gasteiger partial charge < -0.3 is 33.3 Å². The van der Waals surface area contributed by atoms with Crippen molar-refractivity contribution in [2.24, 2.45) is 0 Å². The van der Waals surface area contributed by atoms with E-state index in [1.165, 1.54) is 17.7 Å². The number of likely N-dealkylation sites (N-methyl/N-ethyl adjacent to an activating group) is 1. The van der Waals surface area contributed by atoms with E-state index in [0.29, 0.717) is 40.0 Å². The molecule has 0 amide bonds. The molecule has 0 radical (unpaired) electrons. The van der Waals surface area contributed by atoms with Crippen LogP contribution in [-0.4, -0.2) is 111 Å². The maximum Gasteiger partial charge on any atom is 0.347 e. The molecule has 2 aliphatic rings. The van der Waals surface area contributed by atoms with Gasteiger partial charge in [-0.1, -0.05) is 47.7 Å². The van der Waals surface area contributed by atoms with Gasteiger partial charge in [-0.15, -0.1) is 11.3 Å². The summed E-state index contributed by atoms with van der Waals surface area (Å²) in [7, 11) is 3.75. The molecule has 0 saturated carbocycles. The van der Waals surface area contributed by atoms with Crippen LogP contribution in [0.4, 0.5) is 0 Å². The van der Waals surface area contributed by atoms with Crippen LogP contribution in [0.1, 0.15) is 42.2 Å². The molecular formula is C40H47ClN4O7S. The Morgan fingerprint density at radius 2 is 1.94 bits per heavy atom. The third-order valence-corrected chi connectivity index (χ3v) is 10.8. The largest absolute Gasteiger partial charge is 0.491 e. The highest BCUT2D eigenvalue weighted by atomic mass is 35.5. The molecule has 0 spiro atoms. The van der Waals surface area contributed by atoms with Crippen LogP contribution in [0.3, 0.4) is 0 Å². The van der Waals surface area contributed by atoms with Crippen molar-refractivity contribution in [3.8, 4) is 40.3 Å². The fraction of sp³-hybridized carbons (Fsp3) is 0.475. The molecule has 2 aromatic heterocycles. The molecule has 11 nitrogen and oxygen atoms in total. The number of aromatic nitrogens is 2. The smallest absolute Gasteiger partial charge is 0.347 e. The second-order valence-electron chi connectivity index (χ2n) is 13.0. The predicted octanol–water partition coefficient (Wildman–Crippen LogP) is 6.40. The van der Waals surface area contributed by atoms with Gasteiger partial charge in [0.05, 0.1) is 28.5 Å². The number of methoxy groups -OCH3 is 1. The van der Waals surface area contributed by atoms with Crippen molar-refractivity contribution in [1.29, 1.82) is 0 Å². The number of carbonyl (C=O) groups excluding carboxylic acids is 1. The van der Waals surface area contributed by atoms with Crippen molar-refractivity contribution in [3.63, 3.8) is 0 Å². The highest BCUT2D eigenvalue weighted by Gasteiger charge is 2.29. The van der Waals surface area contributed by atoms with Crippen molar-refractivity contribution in [3.05, 3.63) is 63.8 Å². The number of piperazine rings is 1. The zero-order valence-electron chi connectivity index (χ0n) is 30.8. The van der Waals surface area contributed by atoms with Crippen molar-refractivity contribution in [2.75, 3.05) is 73.3 Å². The summed E-state index contributed by atoms with van der Waals surface area (Å²) < 4.78 is 35.6. The van der Waals surface area contributed by atoms with E-state index < -0.39 is 12.1 Å². The zero-order chi connectivity index (χ0) is 37.2. The lowest BCUT2D eigenvalue weighted by Gasteiger charge is -2.32. The number of ether oxygens (including phenoxy) is 6. The Morgan fingerprint density at radius 1 is 1.11 bits per heavy atom. The fourth-order valence-corrected chi connectivity index (χ4v) is 7.65. The summed E-state index contributed by atoms with van der Waals surface area (Å²) >= 11 is 8.43. The van der Waals surface area contributed by atoms with E-state index in [-0.39, 0.29) is 31.8 Å². The summed E-state index contributed by atoms with van der Waals surface area (Å²) in [6.07, 6.45) is 3.07. The van der Waals surface area contributed by atoms with Crippen LogP contribution in [0, 0.1) is 18.8 Å². The van der Waals surface area contributed by atoms with Gasteiger partial charge in [0.15, 0.2) is 6.29 Å². The lowest BCUT2D eigenvalue weighted by Crippen LogP contribution is -2.45. The minimum atomic E-state index is -1.04. The molecule has 4 aromatic rings. The lowest BCUT2D eigenvalue weighted by atomic mass is 9.98. The quantitative estimate of drug-likeness (QED) is 0.105. The van der Waals surface area contributed by atoms with Crippen molar-refractivity contribution in [2.45, 2.75) is 51.9 Å². The molecule has 53 heavy (non-hydrogen) atoms. The van der Waals surface area contributed by atoms with Gasteiger partial charge in [0.2, 0.25) is 12.0 Å². The second-order valence-corrected chi connectivity index (χ2v) is 14.4. The van der Waals surface area contributed by atoms with E-state index in [0.717, 1.165) is 79.1 Å². The first kappa shape index (κ1) is 38.8. The van der Waals surface area contributed by atoms with Gasteiger partial charge >= 0.3 is 5.97 Å². The monoisotopic (exact) mass is 762 g/mol. The number of nitrogens with zero attached hydrogens (tertiary/aromatic N) is 4. The van der Waals surface area contributed by atoms with Crippen molar-refractivity contribution >= 4 is 39.1 Å². The van der Waals surface area contributed by atoms with E-state index in [2.05, 4.69) is 38.7 Å². The molecule has 0 bridgehead atoms. The van der Waals surface area contributed by atoms with Gasteiger partial charge in [-0.2, -0.15) is 0 Å². The number of carbonyl (C=O) groups is 1. The minimum absolute atomic E-state index is 0.179. The molecular weight excluding hydrogens is 716 g/mol. The summed E-state index contributed by atoms with van der Waals surface area (Å²) in [5.74, 6) is 7.31. The average Bonchev–Trinajstić information content (AvgIpc) is 3.54. The molecule has 2 atom stereocenters. The van der Waals surface area contributed by atoms with Gasteiger partial charge in [0.1, 0.15) is 35.9 Å². The first-order chi connectivity index (χ1) is 25.9. The maximum absolute atomic E-state index is 13.5. The Labute approximate surface area is 320 Å². The number of hydrogen-bond donors (Lipinski definition) is 0. The van der Waals surface area contributed by atoms with Crippen molar-refractivity contribution < 1.29 is 33.2 Å². The molecule has 0 aliphatic carbocycles. The molecule has 2 aliphatic heterocycles. The van der Waals surface area contributed by atoms with Crippen LogP contribution in [0.25, 0.3) is 21.3 Å². The Kier molecular flexibility index (Phi) is 13.8. The van der Waals surface area contributed by atoms with E-state index in [9.17, 15) is 4.79 Å². The highest BCUT2D eigenvalue weighted by Crippen LogP contribution is 2.45. The third-order valence-electron chi connectivity index (χ3n) is 9.33. The Balaban J connectivity index is 1.33. The molecule has 6 rings (SSSR count). The summed E-state index contributed by atoms with van der Waals surface area (Å²) in [5, 5.41) is 1.13. The lowest BCUT2D eigenvalue weighted by molar-refractivity contribution is -0.151. The van der Waals surface area contributed by atoms with Crippen LogP contribution >= 0.6 is 22.9 Å². The van der Waals surface area contributed by atoms with E-state index in [1.54, 1.807) is 14.0 Å². The molecule has 0 N–H and O–H groups in total. The topological polar surface area (TPSA) is 105 Å². The number of esters is 1. The zero-order valence-corrected chi connectivity index (χ0v) is 32.4. The SMILES string of the molecule is CCOC(=O)[C@@H](Cc1ccccc1OC1CCCCO1)Oc1ncnc2sc(C#CCOC)c(-c3ccc(OCCN4CCN(C)CC4)c(Cl)c3C)c12. The summed E-state index contributed by atoms with van der Waals surface area (Å²) in [5.41, 5.74) is 3.18. The predicted molar refractivity (Wildman–Crippen MR) is 206 cm³/mol. The van der Waals surface area contributed by atoms with Crippen molar-refractivity contribution in [1.82, 2.24) is 19.8 Å². The molecule has 4 heterocycles. The van der Waals surface area contributed by atoms with E-state index in [4.69, 9.17) is 40.0 Å². The van der Waals surface area contributed by atoms with Gasteiger partial charge in [-0.3, -0.25) is 4.90 Å². The Bertz CT molecular complexity index is 1910. The number of thiophene rings is 1. The molecule has 13 heteroatoms. The molecule has 2 aromatic carbocycles. The molecule has 282 valence electrons. The van der Waals surface area contributed by atoms with E-state index in [1.807, 2.05) is 43.3 Å². The van der Waals surface area contributed by atoms with Gasteiger partial charge in [-0.05, 0) is 62.6 Å². The normalized spacial score (nSPS) is 17.2. The number of halogens is 1. The van der Waals surface area contributed by atoms with Gasteiger partial charge in [-0.25, -0.2) is 14.8 Å². The maximum atomic E-state index is 13.5. The second kappa shape index (κ2) is 18.9. The van der Waals surface area contributed by atoms with Crippen LogP contribution in [0.2, 0.25) is 5.02 Å². The van der Waals surface area contributed by atoms with Crippen LogP contribution in [0.15, 0.2) is 42.7 Å². The number of fused-ring (bicyclic) bond motifs is 1. The van der Waals surface area contributed by atoms with Gasteiger partial charge in [0, 0.05) is 58.2 Å². The summed E-state index contributed by atoms with van der Waals surface area (Å²) in [4.78, 5) is 28.8. The first-order valence-corrected chi connectivity index (χ1v) is 19.3. The summed E-state index contributed by atoms with van der Waals surface area (Å²) in [6, 6.07) is 11.5. The summed E-state index contributed by atoms with van der Waals surface area (Å²) in [6.45, 7) is 10.3. The van der Waals surface area contributed by atoms with Crippen LogP contribution in [0.5, 0.6) is 17.4 Å². The Hall–Kier alpha value is -3.96. The third kappa shape index (κ3) is 9.78. The standard InChI is InChI=1S/C40H47ClN4O7S/c1-5-48-40(46)32(25-28-11-6-7-12-30(28)51-34-14-8-9-23-50-34)52-38-36-35(33(13-10-22-47-4)53-39(36)43-26-42-38)29-15-16-31(37(41)27(29)2)49-24-21-45-19-17-44(3)18-20-45/h6-7,11-12,15-16,26,32,34H,5,8-9,14,17-25H2,1-4H3/t32-,34?/m1/s1. The molecule has 2 fully saturated rings. The average molecular weight is 763 g/mol. The van der Waals surface area contributed by atoms with Crippen LogP contribution in [-0.2, 0) is 25.4 Å². The number of para-hydroxylation sites is 1.